The Hall–Kier alpha value is -4.60. The number of carbonyl (C=O) groups excluding carboxylic acids is 3. The van der Waals surface area contributed by atoms with Gasteiger partial charge in [-0.25, -0.2) is 9.48 Å². The van der Waals surface area contributed by atoms with Crippen LogP contribution in [0.1, 0.15) is 25.3 Å². The number of amides is 1. The van der Waals surface area contributed by atoms with E-state index < -0.39 is 5.97 Å². The molecule has 0 saturated carbocycles. The Balaban J connectivity index is 1.25. The second-order valence-corrected chi connectivity index (χ2v) is 9.42. The van der Waals surface area contributed by atoms with Crippen molar-refractivity contribution >= 4 is 23.9 Å². The van der Waals surface area contributed by atoms with Crippen molar-refractivity contribution in [2.75, 3.05) is 39.5 Å². The van der Waals surface area contributed by atoms with Crippen molar-refractivity contribution in [2.24, 2.45) is 5.92 Å². The number of carbonyl (C=O) groups is 3. The number of nitrogens with zero attached hydrogens (tertiary/aromatic N) is 3. The van der Waals surface area contributed by atoms with Gasteiger partial charge in [-0.1, -0.05) is 18.2 Å². The highest BCUT2D eigenvalue weighted by Crippen LogP contribution is 2.35. The van der Waals surface area contributed by atoms with Crippen molar-refractivity contribution in [1.82, 2.24) is 14.7 Å². The van der Waals surface area contributed by atoms with Gasteiger partial charge in [0.15, 0.2) is 18.1 Å². The monoisotopic (exact) mass is 545 g/mol. The highest BCUT2D eigenvalue weighted by molar-refractivity contribution is 5.90. The molecule has 3 aromatic rings. The number of ether oxygens (including phenoxy) is 4. The standard InChI is InChI=1S/C30H31N3O7/c1-2-37-30(36)21-12-14-32(15-13-21)27(34)20-40-28(35)11-9-23-19-33(24-6-4-3-5-7-24)31-29(23)22-8-10-25-26(18-22)39-17-16-38-25/h3-11,18-19,21H,2,12-17,20H2,1H3. The number of piperidine rings is 1. The number of fused-ring (bicyclic) bond motifs is 1. The topological polar surface area (TPSA) is 109 Å². The smallest absolute Gasteiger partial charge is 0.331 e. The molecular weight excluding hydrogens is 514 g/mol. The maximum Gasteiger partial charge on any atom is 0.331 e. The van der Waals surface area contributed by atoms with E-state index in [1.54, 1.807) is 22.6 Å². The summed E-state index contributed by atoms with van der Waals surface area (Å²) in [5, 5.41) is 4.77. The fraction of sp³-hybridized carbons (Fsp3) is 0.333. The summed E-state index contributed by atoms with van der Waals surface area (Å²) in [6.07, 6.45) is 5.80. The summed E-state index contributed by atoms with van der Waals surface area (Å²) in [6.45, 7) is 3.56. The van der Waals surface area contributed by atoms with Crippen molar-refractivity contribution in [3.05, 3.63) is 66.4 Å². The molecule has 3 heterocycles. The largest absolute Gasteiger partial charge is 0.486 e. The third-order valence-corrected chi connectivity index (χ3v) is 6.78. The molecule has 2 aromatic carbocycles. The predicted octanol–water partition coefficient (Wildman–Crippen LogP) is 3.67. The fourth-order valence-electron chi connectivity index (χ4n) is 4.69. The van der Waals surface area contributed by atoms with Crippen LogP contribution in [0.3, 0.4) is 0 Å². The second-order valence-electron chi connectivity index (χ2n) is 9.42. The van der Waals surface area contributed by atoms with Crippen LogP contribution >= 0.6 is 0 Å². The van der Waals surface area contributed by atoms with Gasteiger partial charge < -0.3 is 23.8 Å². The number of hydrogen-bond donors (Lipinski definition) is 0. The maximum absolute atomic E-state index is 12.6. The van der Waals surface area contributed by atoms with Gasteiger partial charge in [0.1, 0.15) is 18.9 Å². The van der Waals surface area contributed by atoms with Crippen LogP contribution in [0.25, 0.3) is 23.0 Å². The summed E-state index contributed by atoms with van der Waals surface area (Å²) in [5.41, 5.74) is 2.99. The molecule has 10 nitrogen and oxygen atoms in total. The van der Waals surface area contributed by atoms with Crippen LogP contribution in [0.15, 0.2) is 60.8 Å². The van der Waals surface area contributed by atoms with Gasteiger partial charge >= 0.3 is 11.9 Å². The van der Waals surface area contributed by atoms with Gasteiger partial charge in [0, 0.05) is 36.5 Å². The molecule has 2 aliphatic rings. The minimum atomic E-state index is -0.643. The molecule has 1 amide bonds. The van der Waals surface area contributed by atoms with Gasteiger partial charge in [0.2, 0.25) is 0 Å². The van der Waals surface area contributed by atoms with Crippen molar-refractivity contribution in [3.8, 4) is 28.4 Å². The molecule has 1 saturated heterocycles. The Kier molecular flexibility index (Phi) is 8.44. The zero-order valence-corrected chi connectivity index (χ0v) is 22.3. The van der Waals surface area contributed by atoms with Gasteiger partial charge in [0.05, 0.1) is 18.2 Å². The Bertz CT molecular complexity index is 1390. The molecular formula is C30H31N3O7. The van der Waals surface area contributed by atoms with Crippen molar-refractivity contribution in [2.45, 2.75) is 19.8 Å². The highest BCUT2D eigenvalue weighted by Gasteiger charge is 2.28. The van der Waals surface area contributed by atoms with E-state index in [-0.39, 0.29) is 24.4 Å². The van der Waals surface area contributed by atoms with Gasteiger partial charge in [-0.15, -0.1) is 0 Å². The number of para-hydroxylation sites is 1. The SMILES string of the molecule is CCOC(=O)C1CCN(C(=O)COC(=O)C=Cc2cn(-c3ccccc3)nc2-c2ccc3c(c2)OCCO3)CC1. The van der Waals surface area contributed by atoms with Crippen LogP contribution < -0.4 is 9.47 Å². The Morgan fingerprint density at radius 2 is 1.75 bits per heavy atom. The van der Waals surface area contributed by atoms with E-state index in [4.69, 9.17) is 24.0 Å². The summed E-state index contributed by atoms with van der Waals surface area (Å²) in [5.74, 6) is -0.0505. The molecule has 1 fully saturated rings. The predicted molar refractivity (Wildman–Crippen MR) is 146 cm³/mol. The highest BCUT2D eigenvalue weighted by atomic mass is 16.6. The first-order valence-corrected chi connectivity index (χ1v) is 13.4. The number of likely N-dealkylation sites (tertiary alicyclic amines) is 1. The van der Waals surface area contributed by atoms with Crippen LogP contribution in [-0.2, 0) is 23.9 Å². The minimum Gasteiger partial charge on any atom is -0.486 e. The van der Waals surface area contributed by atoms with Crippen molar-refractivity contribution in [1.29, 1.82) is 0 Å². The summed E-state index contributed by atoms with van der Waals surface area (Å²) in [6, 6.07) is 15.2. The summed E-state index contributed by atoms with van der Waals surface area (Å²) < 4.78 is 23.4. The van der Waals surface area contributed by atoms with Crippen LogP contribution in [-0.4, -0.2) is 72.0 Å². The molecule has 0 aliphatic carbocycles. The lowest BCUT2D eigenvalue weighted by molar-refractivity contribution is -0.153. The van der Waals surface area contributed by atoms with Crippen LogP contribution in [0.2, 0.25) is 0 Å². The summed E-state index contributed by atoms with van der Waals surface area (Å²) in [7, 11) is 0. The lowest BCUT2D eigenvalue weighted by Gasteiger charge is -2.30. The lowest BCUT2D eigenvalue weighted by Crippen LogP contribution is -2.42. The molecule has 10 heteroatoms. The first-order chi connectivity index (χ1) is 19.5. The number of rotatable bonds is 8. The fourth-order valence-corrected chi connectivity index (χ4v) is 4.69. The summed E-state index contributed by atoms with van der Waals surface area (Å²) >= 11 is 0. The Morgan fingerprint density at radius 1 is 1.00 bits per heavy atom. The van der Waals surface area contributed by atoms with E-state index in [9.17, 15) is 14.4 Å². The molecule has 40 heavy (non-hydrogen) atoms. The zero-order chi connectivity index (χ0) is 27.9. The molecule has 2 aliphatic heterocycles. The summed E-state index contributed by atoms with van der Waals surface area (Å²) in [4.78, 5) is 38.6. The molecule has 1 aromatic heterocycles. The van der Waals surface area contributed by atoms with Crippen molar-refractivity contribution in [3.63, 3.8) is 0 Å². The van der Waals surface area contributed by atoms with E-state index in [1.807, 2.05) is 54.7 Å². The molecule has 0 bridgehead atoms. The van der Waals surface area contributed by atoms with Crippen molar-refractivity contribution < 1.29 is 33.3 Å². The molecule has 0 atom stereocenters. The molecule has 0 unspecified atom stereocenters. The lowest BCUT2D eigenvalue weighted by atomic mass is 9.97. The van der Waals surface area contributed by atoms with E-state index in [0.29, 0.717) is 68.5 Å². The average molecular weight is 546 g/mol. The quantitative estimate of drug-likeness (QED) is 0.312. The molecule has 5 rings (SSSR count). The third-order valence-electron chi connectivity index (χ3n) is 6.78. The van der Waals surface area contributed by atoms with E-state index in [1.165, 1.54) is 6.08 Å². The second kappa shape index (κ2) is 12.5. The zero-order valence-electron chi connectivity index (χ0n) is 22.3. The van der Waals surface area contributed by atoms with Crippen LogP contribution in [0.4, 0.5) is 0 Å². The molecule has 0 radical (unpaired) electrons. The number of aromatic nitrogens is 2. The van der Waals surface area contributed by atoms with Gasteiger partial charge in [-0.05, 0) is 56.2 Å². The molecule has 208 valence electrons. The van der Waals surface area contributed by atoms with Gasteiger partial charge in [-0.2, -0.15) is 5.10 Å². The first kappa shape index (κ1) is 27.0. The third kappa shape index (κ3) is 6.33. The number of hydrogen-bond acceptors (Lipinski definition) is 8. The Morgan fingerprint density at radius 3 is 2.50 bits per heavy atom. The maximum atomic E-state index is 12.6. The van der Waals surface area contributed by atoms with Gasteiger partial charge in [0.25, 0.3) is 5.91 Å². The number of esters is 2. The van der Waals surface area contributed by atoms with Crippen LogP contribution in [0, 0.1) is 5.92 Å². The van der Waals surface area contributed by atoms with Gasteiger partial charge in [-0.3, -0.25) is 9.59 Å². The number of benzene rings is 2. The normalized spacial score (nSPS) is 15.2. The minimum absolute atomic E-state index is 0.199. The molecule has 0 N–H and O–H groups in total. The van der Waals surface area contributed by atoms with E-state index >= 15 is 0 Å². The van der Waals surface area contributed by atoms with E-state index in [2.05, 4.69) is 0 Å². The van der Waals surface area contributed by atoms with E-state index in [0.717, 1.165) is 11.3 Å². The average Bonchev–Trinajstić information content (AvgIpc) is 3.43. The van der Waals surface area contributed by atoms with Crippen LogP contribution in [0.5, 0.6) is 11.5 Å². The first-order valence-electron chi connectivity index (χ1n) is 13.4. The Labute approximate surface area is 232 Å². The molecule has 0 spiro atoms.